The Bertz CT molecular complexity index is 519. The van der Waals surface area contributed by atoms with Gasteiger partial charge in [-0.05, 0) is 51.3 Å². The molecule has 1 aromatic rings. The van der Waals surface area contributed by atoms with Crippen molar-refractivity contribution in [2.45, 2.75) is 57.7 Å². The lowest BCUT2D eigenvalue weighted by Crippen LogP contribution is -2.48. The van der Waals surface area contributed by atoms with Crippen LogP contribution >= 0.6 is 0 Å². The van der Waals surface area contributed by atoms with Gasteiger partial charge in [-0.3, -0.25) is 9.69 Å². The number of amides is 1. The fourth-order valence-electron chi connectivity index (χ4n) is 4.05. The van der Waals surface area contributed by atoms with E-state index in [1.54, 1.807) is 0 Å². The molecule has 132 valence electrons. The van der Waals surface area contributed by atoms with E-state index in [0.717, 1.165) is 39.0 Å². The number of piperidine rings is 2. The van der Waals surface area contributed by atoms with Gasteiger partial charge in [0.15, 0.2) is 0 Å². The van der Waals surface area contributed by atoms with Crippen molar-refractivity contribution in [3.63, 3.8) is 0 Å². The maximum Gasteiger partial charge on any atom is 0.223 e. The molecule has 2 aliphatic rings. The zero-order chi connectivity index (χ0) is 16.8. The third-order valence-corrected chi connectivity index (χ3v) is 5.48. The van der Waals surface area contributed by atoms with Gasteiger partial charge in [0.1, 0.15) is 0 Å². The number of hydrogen-bond acceptors (Lipinski definition) is 3. The summed E-state index contributed by atoms with van der Waals surface area (Å²) in [6, 6.07) is 11.6. The zero-order valence-electron chi connectivity index (χ0n) is 14.8. The summed E-state index contributed by atoms with van der Waals surface area (Å²) in [4.78, 5) is 15.0. The minimum Gasteiger partial charge on any atom is -0.354 e. The summed E-state index contributed by atoms with van der Waals surface area (Å²) >= 11 is 0. The molecule has 0 aromatic heterocycles. The summed E-state index contributed by atoms with van der Waals surface area (Å²) in [5.41, 5.74) is 1.36. The molecule has 1 aromatic carbocycles. The molecule has 2 saturated heterocycles. The largest absolute Gasteiger partial charge is 0.354 e. The SMILES string of the molecule is C[C@H]1C[C@@H](C(=O)NCC2CCCCN2Cc2ccccc2)CCN1. The Morgan fingerprint density at radius 2 is 2.08 bits per heavy atom. The van der Waals surface area contributed by atoms with E-state index in [9.17, 15) is 4.79 Å². The first kappa shape index (κ1) is 17.4. The predicted molar refractivity (Wildman–Crippen MR) is 97.7 cm³/mol. The number of nitrogens with one attached hydrogen (secondary N) is 2. The van der Waals surface area contributed by atoms with E-state index in [4.69, 9.17) is 0 Å². The Morgan fingerprint density at radius 1 is 1.25 bits per heavy atom. The van der Waals surface area contributed by atoms with Crippen molar-refractivity contribution in [2.75, 3.05) is 19.6 Å². The van der Waals surface area contributed by atoms with Crippen molar-refractivity contribution in [3.05, 3.63) is 35.9 Å². The molecule has 0 spiro atoms. The van der Waals surface area contributed by atoms with Gasteiger partial charge in [0.2, 0.25) is 5.91 Å². The molecule has 2 aliphatic heterocycles. The fraction of sp³-hybridized carbons (Fsp3) is 0.650. The van der Waals surface area contributed by atoms with Crippen LogP contribution in [-0.2, 0) is 11.3 Å². The quantitative estimate of drug-likeness (QED) is 0.872. The van der Waals surface area contributed by atoms with Gasteiger partial charge in [-0.15, -0.1) is 0 Å². The minimum atomic E-state index is 0.187. The van der Waals surface area contributed by atoms with Crippen LogP contribution in [-0.4, -0.2) is 42.5 Å². The highest BCUT2D eigenvalue weighted by Gasteiger charge is 2.27. The summed E-state index contributed by atoms with van der Waals surface area (Å²) < 4.78 is 0. The van der Waals surface area contributed by atoms with E-state index < -0.39 is 0 Å². The lowest BCUT2D eigenvalue weighted by atomic mass is 9.92. The molecule has 0 saturated carbocycles. The first-order valence-electron chi connectivity index (χ1n) is 9.51. The Morgan fingerprint density at radius 3 is 2.88 bits per heavy atom. The molecule has 2 N–H and O–H groups in total. The van der Waals surface area contributed by atoms with Crippen LogP contribution in [0.25, 0.3) is 0 Å². The molecule has 2 fully saturated rings. The Kier molecular flexibility index (Phi) is 6.27. The lowest BCUT2D eigenvalue weighted by Gasteiger charge is -2.36. The summed E-state index contributed by atoms with van der Waals surface area (Å²) in [5, 5.41) is 6.67. The van der Waals surface area contributed by atoms with Gasteiger partial charge in [-0.1, -0.05) is 36.8 Å². The number of benzene rings is 1. The van der Waals surface area contributed by atoms with Gasteiger partial charge >= 0.3 is 0 Å². The number of rotatable bonds is 5. The van der Waals surface area contributed by atoms with Gasteiger partial charge in [-0.2, -0.15) is 0 Å². The maximum atomic E-state index is 12.5. The Balaban J connectivity index is 1.51. The van der Waals surface area contributed by atoms with E-state index in [1.165, 1.54) is 24.8 Å². The highest BCUT2D eigenvalue weighted by molar-refractivity contribution is 5.78. The maximum absolute atomic E-state index is 12.5. The number of carbonyl (C=O) groups excluding carboxylic acids is 1. The monoisotopic (exact) mass is 329 g/mol. The summed E-state index contributed by atoms with van der Waals surface area (Å²) in [6.45, 7) is 6.06. The van der Waals surface area contributed by atoms with Gasteiger partial charge in [0.25, 0.3) is 0 Å². The van der Waals surface area contributed by atoms with Crippen molar-refractivity contribution in [2.24, 2.45) is 5.92 Å². The molecule has 4 heteroatoms. The van der Waals surface area contributed by atoms with E-state index >= 15 is 0 Å². The molecule has 4 nitrogen and oxygen atoms in total. The second-order valence-corrected chi connectivity index (χ2v) is 7.43. The average molecular weight is 329 g/mol. The van der Waals surface area contributed by atoms with Gasteiger partial charge in [-0.25, -0.2) is 0 Å². The smallest absolute Gasteiger partial charge is 0.223 e. The predicted octanol–water partition coefficient (Wildman–Crippen LogP) is 2.55. The minimum absolute atomic E-state index is 0.187. The number of carbonyl (C=O) groups is 1. The van der Waals surface area contributed by atoms with Gasteiger partial charge in [0, 0.05) is 31.1 Å². The molecule has 3 atom stereocenters. The summed E-state index contributed by atoms with van der Waals surface area (Å²) in [7, 11) is 0. The standard InChI is InChI=1S/C20H31N3O/c1-16-13-18(10-11-21-16)20(24)22-14-19-9-5-6-12-23(19)15-17-7-3-2-4-8-17/h2-4,7-8,16,18-19,21H,5-6,9-15H2,1H3,(H,22,24)/t16-,18-,19?/m0/s1. The molecule has 3 rings (SSSR count). The third-order valence-electron chi connectivity index (χ3n) is 5.48. The molecule has 0 aliphatic carbocycles. The van der Waals surface area contributed by atoms with E-state index in [-0.39, 0.29) is 11.8 Å². The van der Waals surface area contributed by atoms with Crippen LogP contribution in [0.15, 0.2) is 30.3 Å². The topological polar surface area (TPSA) is 44.4 Å². The fourth-order valence-corrected chi connectivity index (χ4v) is 4.05. The van der Waals surface area contributed by atoms with Crippen LogP contribution in [0.5, 0.6) is 0 Å². The van der Waals surface area contributed by atoms with Crippen LogP contribution in [0.1, 0.15) is 44.6 Å². The molecule has 0 bridgehead atoms. The number of nitrogens with zero attached hydrogens (tertiary/aromatic N) is 1. The number of likely N-dealkylation sites (tertiary alicyclic amines) is 1. The molecule has 2 heterocycles. The van der Waals surface area contributed by atoms with Crippen molar-refractivity contribution < 1.29 is 4.79 Å². The van der Waals surface area contributed by atoms with Crippen LogP contribution in [0, 0.1) is 5.92 Å². The van der Waals surface area contributed by atoms with Crippen LogP contribution in [0.3, 0.4) is 0 Å². The van der Waals surface area contributed by atoms with E-state index in [1.807, 2.05) is 0 Å². The third kappa shape index (κ3) is 4.81. The molecule has 24 heavy (non-hydrogen) atoms. The Hall–Kier alpha value is -1.39. The van der Waals surface area contributed by atoms with Crippen molar-refractivity contribution in [1.29, 1.82) is 0 Å². The average Bonchev–Trinajstić information content (AvgIpc) is 2.61. The number of hydrogen-bond donors (Lipinski definition) is 2. The molecular weight excluding hydrogens is 298 g/mol. The van der Waals surface area contributed by atoms with Crippen molar-refractivity contribution in [1.82, 2.24) is 15.5 Å². The van der Waals surface area contributed by atoms with Crippen molar-refractivity contribution >= 4 is 5.91 Å². The second-order valence-electron chi connectivity index (χ2n) is 7.43. The lowest BCUT2D eigenvalue weighted by molar-refractivity contribution is -0.126. The van der Waals surface area contributed by atoms with Crippen LogP contribution in [0.4, 0.5) is 0 Å². The van der Waals surface area contributed by atoms with Crippen LogP contribution < -0.4 is 10.6 Å². The van der Waals surface area contributed by atoms with E-state index in [0.29, 0.717) is 12.1 Å². The van der Waals surface area contributed by atoms with Crippen molar-refractivity contribution in [3.8, 4) is 0 Å². The normalized spacial score (nSPS) is 28.5. The first-order chi connectivity index (χ1) is 11.7. The zero-order valence-corrected chi connectivity index (χ0v) is 14.8. The van der Waals surface area contributed by atoms with Crippen LogP contribution in [0.2, 0.25) is 0 Å². The summed E-state index contributed by atoms with van der Waals surface area (Å²) in [5.74, 6) is 0.445. The molecule has 0 radical (unpaired) electrons. The molecule has 1 unspecified atom stereocenters. The van der Waals surface area contributed by atoms with Gasteiger partial charge < -0.3 is 10.6 Å². The highest BCUT2D eigenvalue weighted by Crippen LogP contribution is 2.20. The summed E-state index contributed by atoms with van der Waals surface area (Å²) in [6.07, 6.45) is 5.66. The molecule has 1 amide bonds. The second kappa shape index (κ2) is 8.63. The van der Waals surface area contributed by atoms with Gasteiger partial charge in [0.05, 0.1) is 0 Å². The van der Waals surface area contributed by atoms with E-state index in [2.05, 4.69) is 52.8 Å². The Labute approximate surface area is 146 Å². The first-order valence-corrected chi connectivity index (χ1v) is 9.51. The molecular formula is C20H31N3O. The highest BCUT2D eigenvalue weighted by atomic mass is 16.1.